The number of non-ortho nitro benzene ring substituents is 1. The molecular weight excluding hydrogens is 729 g/mol. The third kappa shape index (κ3) is 6.21. The number of rotatable bonds is 8. The van der Waals surface area contributed by atoms with Crippen LogP contribution in [0.15, 0.2) is 84.4 Å². The number of ether oxygens (including phenoxy) is 1. The smallest absolute Gasteiger partial charge is 0.272 e. The number of carbonyl (C=O) groups excluding carboxylic acids is 1. The van der Waals surface area contributed by atoms with Gasteiger partial charge < -0.3 is 4.74 Å². The second-order valence-electron chi connectivity index (χ2n) is 12.9. The molecule has 2 atom stereocenters. The van der Waals surface area contributed by atoms with Crippen LogP contribution in [-0.2, 0) is 10.2 Å². The van der Waals surface area contributed by atoms with Gasteiger partial charge in [-0.3, -0.25) is 19.8 Å². The molecule has 0 radical (unpaired) electrons. The van der Waals surface area contributed by atoms with Gasteiger partial charge in [-0.05, 0) is 79.1 Å². The number of amides is 1. The molecule has 2 aromatic heterocycles. The average molecular weight is 757 g/mol. The van der Waals surface area contributed by atoms with Crippen molar-refractivity contribution in [2.24, 2.45) is 0 Å². The number of fused-ring (bicyclic) bond motifs is 1. The van der Waals surface area contributed by atoms with E-state index in [9.17, 15) is 20.2 Å². The highest BCUT2D eigenvalue weighted by Gasteiger charge is 2.53. The molecule has 1 saturated heterocycles. The van der Waals surface area contributed by atoms with E-state index >= 15 is 0 Å². The quantitative estimate of drug-likeness (QED) is 0.0885. The Balaban J connectivity index is 1.27. The van der Waals surface area contributed by atoms with Crippen molar-refractivity contribution in [3.05, 3.63) is 143 Å². The zero-order valence-corrected chi connectivity index (χ0v) is 30.5. The second kappa shape index (κ2) is 13.3. The van der Waals surface area contributed by atoms with E-state index in [2.05, 4.69) is 25.0 Å². The number of aromatic nitrogens is 2. The van der Waals surface area contributed by atoms with Gasteiger partial charge in [0.1, 0.15) is 28.0 Å². The van der Waals surface area contributed by atoms with Crippen LogP contribution < -0.4 is 9.64 Å². The van der Waals surface area contributed by atoms with Crippen molar-refractivity contribution in [1.82, 2.24) is 9.78 Å². The number of hydrogen-bond acceptors (Lipinski definition) is 7. The number of anilines is 1. The van der Waals surface area contributed by atoms with Gasteiger partial charge in [0.15, 0.2) is 0 Å². The maximum Gasteiger partial charge on any atom is 0.272 e. The minimum Gasteiger partial charge on any atom is -0.476 e. The molecule has 0 spiro atoms. The molecule has 1 aliphatic carbocycles. The predicted molar refractivity (Wildman–Crippen MR) is 201 cm³/mol. The number of hydrogen-bond donors (Lipinski definition) is 0. The van der Waals surface area contributed by atoms with Gasteiger partial charge in [0.25, 0.3) is 11.6 Å². The SMILES string of the molecule is Cc1nn(-c2ccccc2)c(Cl)c1/C=C/C1=Cc2c(sc(N3C(=O)[C@@H](Oc4ccc(Cl)cc4Cl)[C@H]3c3ccc([N+](=O)[O-])cc3)c2C#N)C(C)(C)C1. The Hall–Kier alpha value is -4.92. The minimum absolute atomic E-state index is 0.0881. The molecular formula is C38H28Cl3N5O4S. The van der Waals surface area contributed by atoms with Crippen LogP contribution in [0.5, 0.6) is 5.75 Å². The van der Waals surface area contributed by atoms with Crippen molar-refractivity contribution in [2.45, 2.75) is 44.8 Å². The van der Waals surface area contributed by atoms with E-state index in [1.54, 1.807) is 33.8 Å². The van der Waals surface area contributed by atoms with Gasteiger partial charge in [0, 0.05) is 38.6 Å². The van der Waals surface area contributed by atoms with E-state index in [1.165, 1.54) is 29.5 Å². The summed E-state index contributed by atoms with van der Waals surface area (Å²) in [6, 6.07) is 22.0. The number of benzene rings is 3. The van der Waals surface area contributed by atoms with E-state index in [1.807, 2.05) is 55.5 Å². The first-order valence-electron chi connectivity index (χ1n) is 15.8. The van der Waals surface area contributed by atoms with Crippen LogP contribution in [0.3, 0.4) is 0 Å². The van der Waals surface area contributed by atoms with Crippen molar-refractivity contribution in [1.29, 1.82) is 5.26 Å². The Morgan fingerprint density at radius 2 is 1.80 bits per heavy atom. The lowest BCUT2D eigenvalue weighted by Crippen LogP contribution is -2.61. The highest BCUT2D eigenvalue weighted by Crippen LogP contribution is 2.53. The summed E-state index contributed by atoms with van der Waals surface area (Å²) in [5.74, 6) is -0.107. The molecule has 51 heavy (non-hydrogen) atoms. The Morgan fingerprint density at radius 1 is 1.08 bits per heavy atom. The number of para-hydroxylation sites is 1. The number of nitriles is 1. The van der Waals surface area contributed by atoms with Crippen molar-refractivity contribution in [2.75, 3.05) is 4.90 Å². The van der Waals surface area contributed by atoms with Crippen LogP contribution in [0.25, 0.3) is 17.8 Å². The molecule has 0 saturated carbocycles. The van der Waals surface area contributed by atoms with Crippen LogP contribution in [0, 0.1) is 28.4 Å². The third-order valence-corrected chi connectivity index (χ3v) is 11.5. The van der Waals surface area contributed by atoms with Gasteiger partial charge in [0.2, 0.25) is 6.10 Å². The van der Waals surface area contributed by atoms with Crippen LogP contribution in [-0.4, -0.2) is 26.7 Å². The maximum atomic E-state index is 14.0. The molecule has 0 N–H and O–H groups in total. The number of halogens is 3. The van der Waals surface area contributed by atoms with Gasteiger partial charge in [-0.25, -0.2) is 4.68 Å². The summed E-state index contributed by atoms with van der Waals surface area (Å²) < 4.78 is 7.87. The normalized spacial score (nSPS) is 17.9. The van der Waals surface area contributed by atoms with Gasteiger partial charge in [-0.1, -0.05) is 72.9 Å². The first kappa shape index (κ1) is 34.5. The summed E-state index contributed by atoms with van der Waals surface area (Å²) in [5, 5.41) is 28.3. The van der Waals surface area contributed by atoms with Crippen molar-refractivity contribution < 1.29 is 14.5 Å². The number of allylic oxidation sites excluding steroid dienone is 2. The average Bonchev–Trinajstić information content (AvgIpc) is 3.61. The Kier molecular flexibility index (Phi) is 9.02. The monoisotopic (exact) mass is 755 g/mol. The number of β-lactam (4-membered cyclic amide) rings is 1. The van der Waals surface area contributed by atoms with Crippen LogP contribution >= 0.6 is 46.1 Å². The molecule has 7 rings (SSSR count). The van der Waals surface area contributed by atoms with Crippen molar-refractivity contribution >= 4 is 74.9 Å². The van der Waals surface area contributed by atoms with Gasteiger partial charge >= 0.3 is 0 Å². The van der Waals surface area contributed by atoms with Crippen LogP contribution in [0.4, 0.5) is 10.7 Å². The van der Waals surface area contributed by atoms with E-state index < -0.39 is 17.1 Å². The zero-order valence-electron chi connectivity index (χ0n) is 27.4. The number of nitro groups is 1. The van der Waals surface area contributed by atoms with Crippen LogP contribution in [0.1, 0.15) is 59.1 Å². The molecule has 9 nitrogen and oxygen atoms in total. The molecule has 3 aromatic carbocycles. The standard InChI is InChI=1S/C38H28Cl3N5O4S/c1-21-27(35(41)45(43-21)25-7-5-4-6-8-25)15-9-22-17-28-29(20-42)37(51-34(28)38(2,3)19-22)44-32(23-10-13-26(14-11-23)46(48)49)33(36(44)47)50-31-16-12-24(39)18-30(31)40/h4-18,32-33H,19H2,1-3H3/b15-9+/t32-,33+/m1/s1. The first-order chi connectivity index (χ1) is 24.4. The lowest BCUT2D eigenvalue weighted by molar-refractivity contribution is -0.384. The van der Waals surface area contributed by atoms with Gasteiger partial charge in [0.05, 0.1) is 26.9 Å². The van der Waals surface area contributed by atoms with Gasteiger partial charge in [-0.15, -0.1) is 11.3 Å². The molecule has 5 aromatic rings. The fourth-order valence-electron chi connectivity index (χ4n) is 6.54. The fraction of sp³-hybridized carbons (Fsp3) is 0.184. The predicted octanol–water partition coefficient (Wildman–Crippen LogP) is 10.3. The summed E-state index contributed by atoms with van der Waals surface area (Å²) in [6.45, 7) is 6.13. The van der Waals surface area contributed by atoms with E-state index in [0.29, 0.717) is 32.7 Å². The number of nitro benzene ring substituents is 1. The van der Waals surface area contributed by atoms with E-state index in [4.69, 9.17) is 39.5 Å². The highest BCUT2D eigenvalue weighted by atomic mass is 35.5. The number of carbonyl (C=O) groups is 1. The van der Waals surface area contributed by atoms with Crippen LogP contribution in [0.2, 0.25) is 15.2 Å². The molecule has 13 heteroatoms. The molecule has 2 aliphatic rings. The summed E-state index contributed by atoms with van der Waals surface area (Å²) in [6.07, 6.45) is 5.60. The van der Waals surface area contributed by atoms with E-state index in [0.717, 1.165) is 33.0 Å². The zero-order chi connectivity index (χ0) is 36.2. The summed E-state index contributed by atoms with van der Waals surface area (Å²) in [5.41, 5.74) is 4.65. The molecule has 0 unspecified atom stereocenters. The Labute approximate surface area is 312 Å². The third-order valence-electron chi connectivity index (χ3n) is 9.00. The number of nitrogens with zero attached hydrogens (tertiary/aromatic N) is 5. The van der Waals surface area contributed by atoms with Crippen molar-refractivity contribution in [3.63, 3.8) is 0 Å². The van der Waals surface area contributed by atoms with E-state index in [-0.39, 0.29) is 27.8 Å². The summed E-state index contributed by atoms with van der Waals surface area (Å²) >= 11 is 20.7. The summed E-state index contributed by atoms with van der Waals surface area (Å²) in [7, 11) is 0. The summed E-state index contributed by atoms with van der Waals surface area (Å²) in [4.78, 5) is 27.5. The second-order valence-corrected chi connectivity index (χ2v) is 15.1. The molecule has 1 amide bonds. The Bertz CT molecular complexity index is 2320. The molecule has 256 valence electrons. The van der Waals surface area contributed by atoms with Gasteiger partial charge in [-0.2, -0.15) is 10.4 Å². The lowest BCUT2D eigenvalue weighted by atomic mass is 9.77. The lowest BCUT2D eigenvalue weighted by Gasteiger charge is -2.46. The highest BCUT2D eigenvalue weighted by molar-refractivity contribution is 7.17. The molecule has 0 bridgehead atoms. The first-order valence-corrected chi connectivity index (χ1v) is 17.8. The topological polar surface area (TPSA) is 114 Å². The molecule has 1 aliphatic heterocycles. The number of aryl methyl sites for hydroxylation is 1. The fourth-order valence-corrected chi connectivity index (χ4v) is 8.70. The molecule has 1 fully saturated rings. The largest absolute Gasteiger partial charge is 0.476 e. The minimum atomic E-state index is -1.01. The number of thiophene rings is 1. The Morgan fingerprint density at radius 3 is 2.47 bits per heavy atom. The van der Waals surface area contributed by atoms with Crippen molar-refractivity contribution in [3.8, 4) is 17.5 Å². The maximum absolute atomic E-state index is 14.0. The molecule has 3 heterocycles.